The molecule has 0 bridgehead atoms. The van der Waals surface area contributed by atoms with Crippen molar-refractivity contribution in [1.82, 2.24) is 9.55 Å². The summed E-state index contributed by atoms with van der Waals surface area (Å²) in [5.74, 6) is 1.14. The molecule has 6 aromatic rings. The summed E-state index contributed by atoms with van der Waals surface area (Å²) in [5.41, 5.74) is 19.1. The van der Waals surface area contributed by atoms with Crippen molar-refractivity contribution >= 4 is 44.9 Å². The molecule has 0 unspecified atom stereocenters. The molecule has 0 aliphatic carbocycles. The van der Waals surface area contributed by atoms with E-state index in [9.17, 15) is 4.79 Å². The van der Waals surface area contributed by atoms with Crippen molar-refractivity contribution in [2.75, 3.05) is 10.6 Å². The van der Waals surface area contributed by atoms with Crippen molar-refractivity contribution in [3.8, 4) is 0 Å². The molecule has 1 amide bonds. The molecule has 7 nitrogen and oxygen atoms in total. The molecule has 5 N–H and O–H groups in total. The zero-order valence-corrected chi connectivity index (χ0v) is 25.5. The monoisotopic (exact) mass is 594 g/mol. The summed E-state index contributed by atoms with van der Waals surface area (Å²) in [5, 5.41) is 9.95. The third kappa shape index (κ3) is 6.88. The number of amidine groups is 1. The van der Waals surface area contributed by atoms with Gasteiger partial charge < -0.3 is 20.9 Å². The Morgan fingerprint density at radius 3 is 2.24 bits per heavy atom. The molecule has 45 heavy (non-hydrogen) atoms. The molecule has 7 heteroatoms. The van der Waals surface area contributed by atoms with Crippen LogP contribution in [0.2, 0.25) is 0 Å². The standard InChI is InChI=1S/C38H38N6O/c1-43-35-21-20-33(24-34(35)42-36(43)22-14-27-9-16-30(17-10-27)38(40)41)44(25-28-11-15-29-6-2-3-7-31(29)23-28)37(45)8-4-5-26-12-18-32(39)19-13-26/h2-3,6-7,9-13,15-21,23-24H,4-5,8,14,22,25,39H2,1H3,(H3,40,41). The van der Waals surface area contributed by atoms with E-state index in [1.165, 1.54) is 16.5 Å². The largest absolute Gasteiger partial charge is 0.399 e. The number of carbonyl (C=O) groups excluding carboxylic acids is 1. The van der Waals surface area contributed by atoms with E-state index in [0.717, 1.165) is 70.4 Å². The van der Waals surface area contributed by atoms with Gasteiger partial charge in [-0.1, -0.05) is 72.8 Å². The van der Waals surface area contributed by atoms with E-state index >= 15 is 0 Å². The molecule has 0 radical (unpaired) electrons. The molecular weight excluding hydrogens is 556 g/mol. The first-order valence-electron chi connectivity index (χ1n) is 15.4. The Kier molecular flexibility index (Phi) is 8.60. The number of anilines is 2. The fraction of sp³-hybridized carbons (Fsp3) is 0.184. The molecule has 226 valence electrons. The normalized spacial score (nSPS) is 11.2. The van der Waals surface area contributed by atoms with E-state index in [4.69, 9.17) is 21.9 Å². The van der Waals surface area contributed by atoms with Crippen molar-refractivity contribution in [2.24, 2.45) is 12.8 Å². The van der Waals surface area contributed by atoms with Gasteiger partial charge in [0, 0.05) is 36.8 Å². The molecule has 0 saturated heterocycles. The lowest BCUT2D eigenvalue weighted by atomic mass is 10.1. The lowest BCUT2D eigenvalue weighted by Crippen LogP contribution is -2.30. The topological polar surface area (TPSA) is 114 Å². The minimum Gasteiger partial charge on any atom is -0.399 e. The number of imidazole rings is 1. The van der Waals surface area contributed by atoms with Crippen LogP contribution in [0.5, 0.6) is 0 Å². The summed E-state index contributed by atoms with van der Waals surface area (Å²) in [6.07, 6.45) is 3.59. The maximum Gasteiger partial charge on any atom is 0.227 e. The van der Waals surface area contributed by atoms with Crippen LogP contribution in [0.4, 0.5) is 11.4 Å². The average Bonchev–Trinajstić information content (AvgIpc) is 3.37. The van der Waals surface area contributed by atoms with Crippen molar-refractivity contribution in [3.05, 3.63) is 137 Å². The number of benzene rings is 5. The number of nitrogen functional groups attached to an aromatic ring is 2. The van der Waals surface area contributed by atoms with Gasteiger partial charge in [-0.2, -0.15) is 0 Å². The summed E-state index contributed by atoms with van der Waals surface area (Å²) in [7, 11) is 2.04. The Hall–Kier alpha value is -5.43. The third-order valence-electron chi connectivity index (χ3n) is 8.46. The highest BCUT2D eigenvalue weighted by Gasteiger charge is 2.19. The summed E-state index contributed by atoms with van der Waals surface area (Å²) >= 11 is 0. The fourth-order valence-corrected chi connectivity index (χ4v) is 5.84. The van der Waals surface area contributed by atoms with Gasteiger partial charge in [-0.15, -0.1) is 0 Å². The highest BCUT2D eigenvalue weighted by Crippen LogP contribution is 2.27. The Morgan fingerprint density at radius 1 is 0.800 bits per heavy atom. The SMILES string of the molecule is Cn1c(CCc2ccc(C(=N)N)cc2)nc2cc(N(Cc3ccc4ccccc4c3)C(=O)CCCc3ccc(N)cc3)ccc21. The molecule has 5 aromatic carbocycles. The summed E-state index contributed by atoms with van der Waals surface area (Å²) in [6, 6.07) is 36.5. The van der Waals surface area contributed by atoms with Crippen LogP contribution in [0.25, 0.3) is 21.8 Å². The maximum atomic E-state index is 13.8. The van der Waals surface area contributed by atoms with E-state index in [1.54, 1.807) is 0 Å². The van der Waals surface area contributed by atoms with E-state index < -0.39 is 0 Å². The van der Waals surface area contributed by atoms with Gasteiger partial charge in [-0.05, 0) is 83.1 Å². The minimum absolute atomic E-state index is 0.0719. The first kappa shape index (κ1) is 29.6. The van der Waals surface area contributed by atoms with Crippen molar-refractivity contribution in [3.63, 3.8) is 0 Å². The van der Waals surface area contributed by atoms with Crippen molar-refractivity contribution in [1.29, 1.82) is 5.41 Å². The number of hydrogen-bond acceptors (Lipinski definition) is 4. The Bertz CT molecular complexity index is 1970. The molecule has 0 saturated carbocycles. The van der Waals surface area contributed by atoms with Gasteiger partial charge in [0.15, 0.2) is 0 Å². The van der Waals surface area contributed by atoms with Crippen LogP contribution in [0, 0.1) is 5.41 Å². The molecule has 0 fully saturated rings. The van der Waals surface area contributed by atoms with Crippen LogP contribution in [-0.4, -0.2) is 21.3 Å². The van der Waals surface area contributed by atoms with Gasteiger partial charge in [-0.3, -0.25) is 10.2 Å². The number of fused-ring (bicyclic) bond motifs is 2. The number of rotatable bonds is 11. The number of nitrogens with one attached hydrogen (secondary N) is 1. The van der Waals surface area contributed by atoms with E-state index in [-0.39, 0.29) is 11.7 Å². The first-order valence-corrected chi connectivity index (χ1v) is 15.4. The molecule has 0 aliphatic heterocycles. The molecular formula is C38H38N6O. The zero-order chi connectivity index (χ0) is 31.3. The third-order valence-corrected chi connectivity index (χ3v) is 8.46. The Balaban J connectivity index is 1.24. The molecule has 0 aliphatic rings. The number of aryl methyl sites for hydroxylation is 4. The van der Waals surface area contributed by atoms with E-state index in [1.807, 2.05) is 84.7 Å². The van der Waals surface area contributed by atoms with Crippen molar-refractivity contribution in [2.45, 2.75) is 38.6 Å². The Labute approximate surface area is 263 Å². The Morgan fingerprint density at radius 2 is 1.49 bits per heavy atom. The van der Waals surface area contributed by atoms with Gasteiger partial charge in [0.2, 0.25) is 5.91 Å². The second-order valence-electron chi connectivity index (χ2n) is 11.6. The quantitative estimate of drug-likeness (QED) is 0.0857. The van der Waals surface area contributed by atoms with Crippen LogP contribution >= 0.6 is 0 Å². The second-order valence-corrected chi connectivity index (χ2v) is 11.6. The maximum absolute atomic E-state index is 13.8. The highest BCUT2D eigenvalue weighted by molar-refractivity contribution is 5.96. The van der Waals surface area contributed by atoms with Crippen molar-refractivity contribution < 1.29 is 4.79 Å². The molecule has 1 aromatic heterocycles. The number of carbonyl (C=O) groups is 1. The van der Waals surface area contributed by atoms with Crippen LogP contribution in [-0.2, 0) is 37.6 Å². The number of amides is 1. The van der Waals surface area contributed by atoms with E-state index in [0.29, 0.717) is 13.0 Å². The number of nitrogens with two attached hydrogens (primary N) is 2. The van der Waals surface area contributed by atoms with Gasteiger partial charge in [0.1, 0.15) is 11.7 Å². The van der Waals surface area contributed by atoms with Gasteiger partial charge in [0.25, 0.3) is 0 Å². The predicted molar refractivity (Wildman–Crippen MR) is 185 cm³/mol. The molecule has 1 heterocycles. The fourth-order valence-electron chi connectivity index (χ4n) is 5.84. The van der Waals surface area contributed by atoms with Crippen LogP contribution in [0.15, 0.2) is 109 Å². The first-order chi connectivity index (χ1) is 21.8. The smallest absolute Gasteiger partial charge is 0.227 e. The number of nitrogens with zero attached hydrogens (tertiary/aromatic N) is 3. The van der Waals surface area contributed by atoms with Crippen LogP contribution in [0.1, 0.15) is 40.9 Å². The number of hydrogen-bond donors (Lipinski definition) is 3. The lowest BCUT2D eigenvalue weighted by molar-refractivity contribution is -0.118. The summed E-state index contributed by atoms with van der Waals surface area (Å²) in [4.78, 5) is 20.7. The average molecular weight is 595 g/mol. The van der Waals surface area contributed by atoms with Gasteiger partial charge in [0.05, 0.1) is 17.6 Å². The lowest BCUT2D eigenvalue weighted by Gasteiger charge is -2.23. The van der Waals surface area contributed by atoms with Crippen LogP contribution in [0.3, 0.4) is 0 Å². The van der Waals surface area contributed by atoms with Gasteiger partial charge >= 0.3 is 0 Å². The molecule has 0 spiro atoms. The van der Waals surface area contributed by atoms with Crippen LogP contribution < -0.4 is 16.4 Å². The number of aromatic nitrogens is 2. The van der Waals surface area contributed by atoms with Gasteiger partial charge in [-0.25, -0.2) is 4.98 Å². The second kappa shape index (κ2) is 13.1. The molecule has 6 rings (SSSR count). The zero-order valence-electron chi connectivity index (χ0n) is 25.5. The summed E-state index contributed by atoms with van der Waals surface area (Å²) < 4.78 is 2.13. The highest BCUT2D eigenvalue weighted by atomic mass is 16.2. The van der Waals surface area contributed by atoms with E-state index in [2.05, 4.69) is 41.0 Å². The minimum atomic E-state index is 0.0719. The summed E-state index contributed by atoms with van der Waals surface area (Å²) in [6.45, 7) is 0.479. The molecule has 0 atom stereocenters. The predicted octanol–water partition coefficient (Wildman–Crippen LogP) is 6.93.